The molecule has 8 nitrogen and oxygen atoms in total. The van der Waals surface area contributed by atoms with Gasteiger partial charge in [-0.05, 0) is 48.5 Å². The van der Waals surface area contributed by atoms with Crippen molar-refractivity contribution in [2.24, 2.45) is 0 Å². The van der Waals surface area contributed by atoms with E-state index in [1.807, 2.05) is 23.1 Å². The molecule has 2 heterocycles. The molecule has 9 heteroatoms. The molecule has 0 saturated carbocycles. The zero-order valence-electron chi connectivity index (χ0n) is 20.2. The van der Waals surface area contributed by atoms with Crippen LogP contribution in [0.2, 0.25) is 0 Å². The normalized spacial score (nSPS) is 13.8. The predicted molar refractivity (Wildman–Crippen MR) is 143 cm³/mol. The maximum atomic E-state index is 13.6. The summed E-state index contributed by atoms with van der Waals surface area (Å²) in [6.07, 6.45) is 4.58. The van der Waals surface area contributed by atoms with Crippen LogP contribution in [0.15, 0.2) is 109 Å². The minimum atomic E-state index is -3.86. The highest BCUT2D eigenvalue weighted by atomic mass is 32.2. The third kappa shape index (κ3) is 5.46. The van der Waals surface area contributed by atoms with E-state index in [-0.39, 0.29) is 17.3 Å². The minimum absolute atomic E-state index is 0.0619. The molecule has 1 aliphatic heterocycles. The lowest BCUT2D eigenvalue weighted by atomic mass is 10.1. The summed E-state index contributed by atoms with van der Waals surface area (Å²) in [5, 5.41) is 0. The van der Waals surface area contributed by atoms with Crippen molar-refractivity contribution in [3.8, 4) is 0 Å². The molecule has 188 valence electrons. The number of sulfonamides is 1. The van der Waals surface area contributed by atoms with Crippen molar-refractivity contribution < 1.29 is 13.2 Å². The van der Waals surface area contributed by atoms with Crippen LogP contribution in [0.25, 0.3) is 0 Å². The van der Waals surface area contributed by atoms with E-state index in [2.05, 4.69) is 27.0 Å². The standard InChI is InChI=1S/C28H27N5O3S/c34-28(32-17-15-31(16-18-32)25-7-3-1-4-8-25)24-11-13-26(14-12-24)33(21-23-19-29-22-30-20-23)37(35,36)27-9-5-2-6-10-27/h1-14,19-20,22H,15-18,21H2. The van der Waals surface area contributed by atoms with E-state index < -0.39 is 10.0 Å². The number of carbonyl (C=O) groups excluding carboxylic acids is 1. The average Bonchev–Trinajstić information content (AvgIpc) is 2.97. The average molecular weight is 514 g/mol. The number of rotatable bonds is 7. The Morgan fingerprint density at radius 3 is 2.00 bits per heavy atom. The molecule has 0 unspecified atom stereocenters. The molecule has 0 aliphatic carbocycles. The Labute approximate surface area is 216 Å². The van der Waals surface area contributed by atoms with Crippen LogP contribution in [0.3, 0.4) is 0 Å². The SMILES string of the molecule is O=C(c1ccc(N(Cc2cncnc2)S(=O)(=O)c2ccccc2)cc1)N1CCN(c2ccccc2)CC1. The lowest BCUT2D eigenvalue weighted by Crippen LogP contribution is -2.48. The number of para-hydroxylation sites is 1. The molecule has 0 spiro atoms. The Balaban J connectivity index is 1.34. The number of benzene rings is 3. The van der Waals surface area contributed by atoms with Crippen LogP contribution in [-0.2, 0) is 16.6 Å². The monoisotopic (exact) mass is 513 g/mol. The maximum Gasteiger partial charge on any atom is 0.264 e. The molecule has 0 N–H and O–H groups in total. The molecule has 1 saturated heterocycles. The molecule has 37 heavy (non-hydrogen) atoms. The van der Waals surface area contributed by atoms with E-state index in [4.69, 9.17) is 0 Å². The second kappa shape index (κ2) is 10.8. The fourth-order valence-corrected chi connectivity index (χ4v) is 5.85. The molecule has 1 aliphatic rings. The van der Waals surface area contributed by atoms with Crippen molar-refractivity contribution in [3.63, 3.8) is 0 Å². The largest absolute Gasteiger partial charge is 0.368 e. The van der Waals surface area contributed by atoms with E-state index in [1.54, 1.807) is 67.0 Å². The smallest absolute Gasteiger partial charge is 0.264 e. The van der Waals surface area contributed by atoms with Gasteiger partial charge in [0.2, 0.25) is 0 Å². The van der Waals surface area contributed by atoms with E-state index >= 15 is 0 Å². The first-order valence-corrected chi connectivity index (χ1v) is 13.5. The van der Waals surface area contributed by atoms with Gasteiger partial charge >= 0.3 is 0 Å². The number of piperazine rings is 1. The van der Waals surface area contributed by atoms with Gasteiger partial charge in [0, 0.05) is 55.4 Å². The number of amides is 1. The number of carbonyl (C=O) groups is 1. The molecule has 4 aromatic rings. The molecule has 5 rings (SSSR count). The van der Waals surface area contributed by atoms with E-state index in [9.17, 15) is 13.2 Å². The molecular weight excluding hydrogens is 486 g/mol. The molecule has 3 aromatic carbocycles. The predicted octanol–water partition coefficient (Wildman–Crippen LogP) is 3.83. The summed E-state index contributed by atoms with van der Waals surface area (Å²) in [4.78, 5) is 25.5. The van der Waals surface area contributed by atoms with Crippen molar-refractivity contribution in [2.45, 2.75) is 11.4 Å². The number of hydrogen-bond donors (Lipinski definition) is 0. The number of anilines is 2. The van der Waals surface area contributed by atoms with Crippen LogP contribution in [0.1, 0.15) is 15.9 Å². The number of aromatic nitrogens is 2. The molecule has 1 amide bonds. The second-order valence-corrected chi connectivity index (χ2v) is 10.6. The Morgan fingerprint density at radius 1 is 0.784 bits per heavy atom. The Kier molecular flexibility index (Phi) is 7.14. The summed E-state index contributed by atoms with van der Waals surface area (Å²) in [5.74, 6) is -0.0619. The zero-order chi connectivity index (χ0) is 25.7. The van der Waals surface area contributed by atoms with Gasteiger partial charge in [0.1, 0.15) is 6.33 Å². The number of hydrogen-bond acceptors (Lipinski definition) is 6. The minimum Gasteiger partial charge on any atom is -0.368 e. The van der Waals surface area contributed by atoms with Crippen LogP contribution in [-0.4, -0.2) is 55.4 Å². The van der Waals surface area contributed by atoms with Crippen molar-refractivity contribution in [1.82, 2.24) is 14.9 Å². The summed E-state index contributed by atoms with van der Waals surface area (Å²) in [5.41, 5.74) is 2.79. The second-order valence-electron chi connectivity index (χ2n) is 8.73. The van der Waals surface area contributed by atoms with Crippen molar-refractivity contribution in [1.29, 1.82) is 0 Å². The van der Waals surface area contributed by atoms with E-state index in [0.717, 1.165) is 18.8 Å². The van der Waals surface area contributed by atoms with Crippen LogP contribution >= 0.6 is 0 Å². The highest BCUT2D eigenvalue weighted by molar-refractivity contribution is 7.92. The van der Waals surface area contributed by atoms with Gasteiger partial charge in [0.25, 0.3) is 15.9 Å². The maximum absolute atomic E-state index is 13.6. The van der Waals surface area contributed by atoms with Crippen LogP contribution < -0.4 is 9.21 Å². The van der Waals surface area contributed by atoms with Gasteiger partial charge in [-0.1, -0.05) is 36.4 Å². The van der Waals surface area contributed by atoms with Gasteiger partial charge in [0.05, 0.1) is 17.1 Å². The van der Waals surface area contributed by atoms with Crippen molar-refractivity contribution >= 4 is 27.3 Å². The van der Waals surface area contributed by atoms with Gasteiger partial charge in [-0.25, -0.2) is 18.4 Å². The van der Waals surface area contributed by atoms with E-state index in [0.29, 0.717) is 29.9 Å². The first kappa shape index (κ1) is 24.5. The highest BCUT2D eigenvalue weighted by Crippen LogP contribution is 2.27. The molecule has 1 fully saturated rings. The van der Waals surface area contributed by atoms with Gasteiger partial charge in [-0.15, -0.1) is 0 Å². The van der Waals surface area contributed by atoms with Crippen molar-refractivity contribution in [3.05, 3.63) is 115 Å². The fraction of sp³-hybridized carbons (Fsp3) is 0.179. The molecular formula is C28H27N5O3S. The summed E-state index contributed by atoms with van der Waals surface area (Å²) >= 11 is 0. The molecule has 0 radical (unpaired) electrons. The van der Waals surface area contributed by atoms with Gasteiger partial charge < -0.3 is 9.80 Å². The van der Waals surface area contributed by atoms with Gasteiger partial charge in [0.15, 0.2) is 0 Å². The third-order valence-electron chi connectivity index (χ3n) is 6.36. The Bertz CT molecular complexity index is 1430. The molecule has 0 bridgehead atoms. The third-order valence-corrected chi connectivity index (χ3v) is 8.15. The summed E-state index contributed by atoms with van der Waals surface area (Å²) < 4.78 is 28.4. The van der Waals surface area contributed by atoms with Crippen LogP contribution in [0, 0.1) is 0 Å². The Morgan fingerprint density at radius 2 is 1.38 bits per heavy atom. The summed E-state index contributed by atoms with van der Waals surface area (Å²) in [6.45, 7) is 2.83. The Hall–Kier alpha value is -4.24. The highest BCUT2D eigenvalue weighted by Gasteiger charge is 2.27. The molecule has 0 atom stereocenters. The summed E-state index contributed by atoms with van der Waals surface area (Å²) in [6, 6.07) is 25.2. The van der Waals surface area contributed by atoms with Gasteiger partial charge in [-0.3, -0.25) is 9.10 Å². The van der Waals surface area contributed by atoms with Gasteiger partial charge in [-0.2, -0.15) is 0 Å². The summed E-state index contributed by atoms with van der Waals surface area (Å²) in [7, 11) is -3.86. The number of nitrogens with zero attached hydrogens (tertiary/aromatic N) is 5. The lowest BCUT2D eigenvalue weighted by Gasteiger charge is -2.36. The van der Waals surface area contributed by atoms with E-state index in [1.165, 1.54) is 10.6 Å². The first-order valence-electron chi connectivity index (χ1n) is 12.0. The van der Waals surface area contributed by atoms with Crippen molar-refractivity contribution in [2.75, 3.05) is 35.4 Å². The fourth-order valence-electron chi connectivity index (χ4n) is 4.37. The quantitative estimate of drug-likeness (QED) is 0.373. The van der Waals surface area contributed by atoms with Crippen LogP contribution in [0.5, 0.6) is 0 Å². The first-order chi connectivity index (χ1) is 18.0. The zero-order valence-corrected chi connectivity index (χ0v) is 21.0. The lowest BCUT2D eigenvalue weighted by molar-refractivity contribution is 0.0747. The molecule has 1 aromatic heterocycles. The van der Waals surface area contributed by atoms with Crippen LogP contribution in [0.4, 0.5) is 11.4 Å². The topological polar surface area (TPSA) is 86.7 Å².